The van der Waals surface area contributed by atoms with E-state index in [9.17, 15) is 9.59 Å². The largest absolute Gasteiger partial charge is 0.340 e. The van der Waals surface area contributed by atoms with Crippen LogP contribution in [0.25, 0.3) is 27.8 Å². The number of hydrogen-bond acceptors (Lipinski definition) is 6. The summed E-state index contributed by atoms with van der Waals surface area (Å²) < 4.78 is 3.32. The van der Waals surface area contributed by atoms with Crippen LogP contribution in [-0.4, -0.2) is 35.2 Å². The molecule has 3 aromatic heterocycles. The lowest BCUT2D eigenvalue weighted by Crippen LogP contribution is -2.36. The Balaban J connectivity index is 1.25. The molecule has 1 fully saturated rings. The third-order valence-corrected chi connectivity index (χ3v) is 6.78. The smallest absolute Gasteiger partial charge is 0.289 e. The van der Waals surface area contributed by atoms with E-state index in [2.05, 4.69) is 25.4 Å². The molecule has 0 saturated heterocycles. The van der Waals surface area contributed by atoms with Crippen LogP contribution in [0.15, 0.2) is 84.3 Å². The first kappa shape index (κ1) is 22.8. The molecule has 0 atom stereocenters. The summed E-state index contributed by atoms with van der Waals surface area (Å²) in [6.07, 6.45) is 8.09. The van der Waals surface area contributed by atoms with E-state index in [1.54, 1.807) is 34.2 Å². The van der Waals surface area contributed by atoms with E-state index in [0.29, 0.717) is 11.2 Å². The summed E-state index contributed by atoms with van der Waals surface area (Å²) in [4.78, 5) is 39.1. The molecule has 0 aliphatic heterocycles. The first-order valence-electron chi connectivity index (χ1n) is 12.2. The van der Waals surface area contributed by atoms with Gasteiger partial charge in [0.25, 0.3) is 11.5 Å². The van der Waals surface area contributed by atoms with Gasteiger partial charge >= 0.3 is 0 Å². The lowest BCUT2D eigenvalue weighted by Gasteiger charge is -2.18. The number of fused-ring (bicyclic) bond motifs is 1. The van der Waals surface area contributed by atoms with Crippen LogP contribution in [0.2, 0.25) is 0 Å². The highest BCUT2D eigenvalue weighted by Gasteiger charge is 2.46. The molecule has 6 rings (SSSR count). The molecule has 3 heterocycles. The second-order valence-corrected chi connectivity index (χ2v) is 9.59. The van der Waals surface area contributed by atoms with Gasteiger partial charge in [-0.15, -0.1) is 0 Å². The van der Waals surface area contributed by atoms with Crippen molar-refractivity contribution in [3.63, 3.8) is 0 Å². The van der Waals surface area contributed by atoms with Crippen LogP contribution in [0.1, 0.15) is 48.9 Å². The van der Waals surface area contributed by atoms with Crippen molar-refractivity contribution >= 4 is 16.9 Å². The van der Waals surface area contributed by atoms with Gasteiger partial charge in [0.05, 0.1) is 34.7 Å². The minimum atomic E-state index is -0.472. The second-order valence-electron chi connectivity index (χ2n) is 9.59. The number of amides is 1. The molecule has 1 amide bonds. The molecular formula is C28H25N7O2. The van der Waals surface area contributed by atoms with Gasteiger partial charge < -0.3 is 5.32 Å². The summed E-state index contributed by atoms with van der Waals surface area (Å²) in [5, 5.41) is 8.30. The number of benzene rings is 2. The van der Waals surface area contributed by atoms with Gasteiger partial charge in [-0.3, -0.25) is 14.2 Å². The van der Waals surface area contributed by atoms with Crippen molar-refractivity contribution in [3.8, 4) is 16.8 Å². The third-order valence-electron chi connectivity index (χ3n) is 6.78. The second kappa shape index (κ2) is 8.77. The van der Waals surface area contributed by atoms with Crippen molar-refractivity contribution in [1.82, 2.24) is 34.6 Å². The number of carbonyl (C=O) groups is 1. The molecule has 0 spiro atoms. The van der Waals surface area contributed by atoms with Crippen molar-refractivity contribution in [2.24, 2.45) is 0 Å². The van der Waals surface area contributed by atoms with Gasteiger partial charge in [0.2, 0.25) is 5.82 Å². The number of carbonyl (C=O) groups excluding carboxylic acids is 1. The topological polar surface area (TPSA) is 108 Å². The standard InChI is InChI=1S/C28H25N7O2/c1-18(2)34-17-29-16-23(27(34)37)19-8-10-21(11-9-19)28(12-13-28)33-26(36)24-30-14-20-15-31-35(25(20)32-24)22-6-4-3-5-7-22/h3-11,14-18H,12-13H2,1-2H3,(H,33,36). The zero-order chi connectivity index (χ0) is 25.6. The van der Waals surface area contributed by atoms with E-state index in [1.165, 1.54) is 0 Å². The number of para-hydroxylation sites is 1. The molecule has 37 heavy (non-hydrogen) atoms. The highest BCUT2D eigenvalue weighted by atomic mass is 16.2. The van der Waals surface area contributed by atoms with Gasteiger partial charge in [-0.25, -0.2) is 19.6 Å². The highest BCUT2D eigenvalue weighted by Crippen LogP contribution is 2.46. The molecule has 9 nitrogen and oxygen atoms in total. The Morgan fingerprint density at radius 3 is 2.46 bits per heavy atom. The van der Waals surface area contributed by atoms with Gasteiger partial charge in [0, 0.05) is 18.4 Å². The van der Waals surface area contributed by atoms with E-state index < -0.39 is 5.54 Å². The first-order chi connectivity index (χ1) is 17.9. The molecule has 2 aromatic carbocycles. The Labute approximate surface area is 212 Å². The van der Waals surface area contributed by atoms with Crippen LogP contribution >= 0.6 is 0 Å². The summed E-state index contributed by atoms with van der Waals surface area (Å²) in [5.74, 6) is -0.242. The fourth-order valence-electron chi connectivity index (χ4n) is 4.53. The Kier molecular flexibility index (Phi) is 5.40. The Hall–Kier alpha value is -4.66. The molecule has 0 radical (unpaired) electrons. The summed E-state index contributed by atoms with van der Waals surface area (Å²) in [6.45, 7) is 3.90. The van der Waals surface area contributed by atoms with Crippen LogP contribution < -0.4 is 10.9 Å². The number of nitrogens with one attached hydrogen (secondary N) is 1. The number of hydrogen-bond donors (Lipinski definition) is 1. The van der Waals surface area contributed by atoms with Crippen molar-refractivity contribution in [2.75, 3.05) is 0 Å². The maximum absolute atomic E-state index is 13.2. The predicted octanol–water partition coefficient (Wildman–Crippen LogP) is 4.04. The molecule has 0 bridgehead atoms. The average Bonchev–Trinajstić information content (AvgIpc) is 3.58. The lowest BCUT2D eigenvalue weighted by molar-refractivity contribution is 0.0920. The van der Waals surface area contributed by atoms with Crippen molar-refractivity contribution in [3.05, 3.63) is 101 Å². The van der Waals surface area contributed by atoms with E-state index in [0.717, 1.165) is 35.0 Å². The average molecular weight is 492 g/mol. The fraction of sp³-hybridized carbons (Fsp3) is 0.214. The molecule has 1 aliphatic carbocycles. The zero-order valence-electron chi connectivity index (χ0n) is 20.5. The number of nitrogens with zero attached hydrogens (tertiary/aromatic N) is 6. The van der Waals surface area contributed by atoms with Gasteiger partial charge in [-0.2, -0.15) is 5.10 Å². The zero-order valence-corrected chi connectivity index (χ0v) is 20.5. The van der Waals surface area contributed by atoms with Gasteiger partial charge in [-0.05, 0) is 49.9 Å². The molecule has 9 heteroatoms. The van der Waals surface area contributed by atoms with Gasteiger partial charge in [-0.1, -0.05) is 42.5 Å². The molecule has 5 aromatic rings. The first-order valence-corrected chi connectivity index (χ1v) is 12.2. The van der Waals surface area contributed by atoms with Crippen LogP contribution in [0.5, 0.6) is 0 Å². The SMILES string of the molecule is CC(C)n1cncc(-c2ccc(C3(NC(=O)c4ncc5cnn(-c6ccccc6)c5n4)CC3)cc2)c1=O. The normalized spacial score (nSPS) is 14.1. The summed E-state index contributed by atoms with van der Waals surface area (Å²) in [6, 6.07) is 17.4. The third kappa shape index (κ3) is 4.08. The minimum Gasteiger partial charge on any atom is -0.340 e. The number of rotatable bonds is 6. The Morgan fingerprint density at radius 2 is 1.76 bits per heavy atom. The van der Waals surface area contributed by atoms with E-state index >= 15 is 0 Å². The molecule has 0 unspecified atom stereocenters. The van der Waals surface area contributed by atoms with Crippen molar-refractivity contribution in [2.45, 2.75) is 38.3 Å². The van der Waals surface area contributed by atoms with Gasteiger partial charge in [0.1, 0.15) is 0 Å². The van der Waals surface area contributed by atoms with Crippen LogP contribution in [0, 0.1) is 0 Å². The monoisotopic (exact) mass is 491 g/mol. The molecule has 1 aliphatic rings. The van der Waals surface area contributed by atoms with E-state index in [-0.39, 0.29) is 23.3 Å². The summed E-state index contributed by atoms with van der Waals surface area (Å²) >= 11 is 0. The van der Waals surface area contributed by atoms with Crippen LogP contribution in [0.3, 0.4) is 0 Å². The Bertz CT molecular complexity index is 1670. The highest BCUT2D eigenvalue weighted by molar-refractivity contribution is 5.93. The maximum atomic E-state index is 13.2. The van der Waals surface area contributed by atoms with Crippen molar-refractivity contribution < 1.29 is 4.79 Å². The van der Waals surface area contributed by atoms with E-state index in [4.69, 9.17) is 0 Å². The van der Waals surface area contributed by atoms with Crippen molar-refractivity contribution in [1.29, 1.82) is 0 Å². The summed E-state index contributed by atoms with van der Waals surface area (Å²) in [5.41, 5.74) is 3.21. The van der Waals surface area contributed by atoms with E-state index in [1.807, 2.05) is 68.4 Å². The van der Waals surface area contributed by atoms with Crippen LogP contribution in [0.4, 0.5) is 0 Å². The molecule has 184 valence electrons. The van der Waals surface area contributed by atoms with Gasteiger partial charge in [0.15, 0.2) is 5.65 Å². The molecule has 1 saturated carbocycles. The lowest BCUT2D eigenvalue weighted by atomic mass is 10.0. The quantitative estimate of drug-likeness (QED) is 0.384. The molecule has 1 N–H and O–H groups in total. The predicted molar refractivity (Wildman–Crippen MR) is 139 cm³/mol. The fourth-order valence-corrected chi connectivity index (χ4v) is 4.53. The molecular weight excluding hydrogens is 466 g/mol. The minimum absolute atomic E-state index is 0.0249. The Morgan fingerprint density at radius 1 is 1.00 bits per heavy atom. The van der Waals surface area contributed by atoms with Crippen LogP contribution in [-0.2, 0) is 5.54 Å². The maximum Gasteiger partial charge on any atom is 0.289 e. The summed E-state index contributed by atoms with van der Waals surface area (Å²) in [7, 11) is 0. The number of aromatic nitrogens is 6.